The van der Waals surface area contributed by atoms with Crippen LogP contribution in [0.1, 0.15) is 42.2 Å². The lowest BCUT2D eigenvalue weighted by atomic mass is 9.83. The first-order valence-electron chi connectivity index (χ1n) is 9.40. The van der Waals surface area contributed by atoms with E-state index in [1.807, 2.05) is 42.5 Å². The van der Waals surface area contributed by atoms with E-state index in [1.54, 1.807) is 0 Å². The number of rotatable bonds is 6. The van der Waals surface area contributed by atoms with Gasteiger partial charge in [0.1, 0.15) is 6.10 Å². The van der Waals surface area contributed by atoms with Gasteiger partial charge in [0.05, 0.1) is 11.6 Å². The zero-order valence-electron chi connectivity index (χ0n) is 15.1. The van der Waals surface area contributed by atoms with Crippen molar-refractivity contribution in [2.75, 3.05) is 6.54 Å². The van der Waals surface area contributed by atoms with Crippen LogP contribution in [0, 0.1) is 0 Å². The van der Waals surface area contributed by atoms with Crippen molar-refractivity contribution in [1.82, 2.24) is 4.90 Å². The maximum Gasteiger partial charge on any atom is 0.103 e. The van der Waals surface area contributed by atoms with Crippen LogP contribution in [0.2, 0.25) is 0 Å². The third-order valence-electron chi connectivity index (χ3n) is 5.48. The van der Waals surface area contributed by atoms with Crippen molar-refractivity contribution in [3.63, 3.8) is 0 Å². The molecule has 26 heavy (non-hydrogen) atoms. The van der Waals surface area contributed by atoms with Crippen LogP contribution in [0.25, 0.3) is 0 Å². The van der Waals surface area contributed by atoms with E-state index in [0.29, 0.717) is 0 Å². The minimum Gasteiger partial charge on any atom is -0.386 e. The molecule has 0 aromatic heterocycles. The van der Waals surface area contributed by atoms with Crippen molar-refractivity contribution in [2.24, 2.45) is 0 Å². The Morgan fingerprint density at radius 3 is 1.96 bits per heavy atom. The lowest BCUT2D eigenvalue weighted by Crippen LogP contribution is -2.26. The van der Waals surface area contributed by atoms with Gasteiger partial charge < -0.3 is 5.11 Å². The highest BCUT2D eigenvalue weighted by Gasteiger charge is 2.67. The molecule has 1 heterocycles. The topological polar surface area (TPSA) is 23.2 Å². The van der Waals surface area contributed by atoms with Crippen molar-refractivity contribution in [3.8, 4) is 0 Å². The van der Waals surface area contributed by atoms with E-state index in [4.69, 9.17) is 0 Å². The van der Waals surface area contributed by atoms with Gasteiger partial charge in [-0.1, -0.05) is 97.9 Å². The fourth-order valence-electron chi connectivity index (χ4n) is 4.37. The molecule has 1 fully saturated rings. The van der Waals surface area contributed by atoms with Crippen LogP contribution < -0.4 is 0 Å². The predicted octanol–water partition coefficient (Wildman–Crippen LogP) is 5.08. The van der Waals surface area contributed by atoms with Crippen LogP contribution in [0.15, 0.2) is 91.0 Å². The highest BCUT2D eigenvalue weighted by Crippen LogP contribution is 2.65. The zero-order valence-corrected chi connectivity index (χ0v) is 15.1. The summed E-state index contributed by atoms with van der Waals surface area (Å²) in [5.74, 6) is 0. The first-order valence-corrected chi connectivity index (χ1v) is 9.40. The molecule has 1 aliphatic heterocycles. The van der Waals surface area contributed by atoms with Gasteiger partial charge in [0.2, 0.25) is 0 Å². The van der Waals surface area contributed by atoms with Gasteiger partial charge in [0, 0.05) is 0 Å². The molecule has 4 atom stereocenters. The second-order valence-electron chi connectivity index (χ2n) is 7.01. The van der Waals surface area contributed by atoms with Crippen molar-refractivity contribution < 1.29 is 5.11 Å². The molecule has 3 aromatic carbocycles. The van der Waals surface area contributed by atoms with E-state index in [-0.39, 0.29) is 6.04 Å². The molecular weight excluding hydrogens is 318 g/mol. The van der Waals surface area contributed by atoms with Crippen LogP contribution in [0.5, 0.6) is 0 Å². The van der Waals surface area contributed by atoms with Gasteiger partial charge in [0.15, 0.2) is 0 Å². The van der Waals surface area contributed by atoms with E-state index in [0.717, 1.165) is 18.5 Å². The normalized spacial score (nSPS) is 25.6. The van der Waals surface area contributed by atoms with E-state index in [2.05, 4.69) is 60.4 Å². The SMILES string of the molecule is CCCN1[C@@H](c2ccccc2)[C@]1(c1ccccc1)[C@H](O)c1ccccc1. The molecule has 0 radical (unpaired) electrons. The molecule has 132 valence electrons. The Balaban J connectivity index is 1.86. The Hall–Kier alpha value is -2.42. The average molecular weight is 343 g/mol. The molecule has 1 aliphatic rings. The maximum atomic E-state index is 11.6. The highest BCUT2D eigenvalue weighted by atomic mass is 16.3. The van der Waals surface area contributed by atoms with Gasteiger partial charge in [-0.05, 0) is 29.7 Å². The van der Waals surface area contributed by atoms with E-state index >= 15 is 0 Å². The summed E-state index contributed by atoms with van der Waals surface area (Å²) in [6, 6.07) is 31.3. The van der Waals surface area contributed by atoms with E-state index in [9.17, 15) is 5.11 Å². The van der Waals surface area contributed by atoms with Crippen LogP contribution in [-0.4, -0.2) is 16.6 Å². The van der Waals surface area contributed by atoms with Gasteiger partial charge in [-0.2, -0.15) is 0 Å². The fourth-order valence-corrected chi connectivity index (χ4v) is 4.37. The number of nitrogens with zero attached hydrogens (tertiary/aromatic N) is 1. The van der Waals surface area contributed by atoms with E-state index < -0.39 is 11.6 Å². The molecule has 4 rings (SSSR count). The molecule has 0 amide bonds. The Morgan fingerprint density at radius 2 is 1.38 bits per heavy atom. The van der Waals surface area contributed by atoms with Crippen LogP contribution >= 0.6 is 0 Å². The molecule has 0 aliphatic carbocycles. The largest absolute Gasteiger partial charge is 0.386 e. The predicted molar refractivity (Wildman–Crippen MR) is 106 cm³/mol. The first-order chi connectivity index (χ1) is 12.8. The number of hydrogen-bond donors (Lipinski definition) is 1. The molecule has 2 heteroatoms. The maximum absolute atomic E-state index is 11.6. The van der Waals surface area contributed by atoms with Crippen molar-refractivity contribution in [2.45, 2.75) is 31.0 Å². The Labute approximate surface area is 155 Å². The lowest BCUT2D eigenvalue weighted by molar-refractivity contribution is 0.102. The fraction of sp³-hybridized carbons (Fsp3) is 0.250. The van der Waals surface area contributed by atoms with Gasteiger partial charge in [-0.3, -0.25) is 4.90 Å². The second kappa shape index (κ2) is 7.06. The number of benzene rings is 3. The summed E-state index contributed by atoms with van der Waals surface area (Å²) in [6.45, 7) is 3.16. The summed E-state index contributed by atoms with van der Waals surface area (Å²) in [7, 11) is 0. The average Bonchev–Trinajstić information content (AvgIpc) is 3.39. The lowest BCUT2D eigenvalue weighted by Gasteiger charge is -2.25. The number of hydrogen-bond acceptors (Lipinski definition) is 2. The Bertz CT molecular complexity index is 834. The summed E-state index contributed by atoms with van der Waals surface area (Å²) in [6.07, 6.45) is 0.474. The molecule has 0 bridgehead atoms. The standard InChI is InChI=1S/C24H25NO/c1-2-18-25-22(19-12-6-3-7-13-19)24(25,21-16-10-5-11-17-21)23(26)20-14-8-4-9-15-20/h3-17,22-23,26H,2,18H2,1H3/t22-,23+,24+,25?/m0/s1. The summed E-state index contributed by atoms with van der Waals surface area (Å²) in [4.78, 5) is 2.45. The van der Waals surface area contributed by atoms with Crippen LogP contribution in [0.4, 0.5) is 0 Å². The molecule has 1 saturated heterocycles. The van der Waals surface area contributed by atoms with Gasteiger partial charge in [-0.25, -0.2) is 0 Å². The number of aliphatic hydroxyl groups excluding tert-OH is 1. The summed E-state index contributed by atoms with van der Waals surface area (Å²) in [5.41, 5.74) is 2.99. The molecule has 1 N–H and O–H groups in total. The van der Waals surface area contributed by atoms with Crippen LogP contribution in [-0.2, 0) is 5.54 Å². The Kier molecular flexibility index (Phi) is 4.62. The molecule has 2 nitrogen and oxygen atoms in total. The van der Waals surface area contributed by atoms with Gasteiger partial charge in [0.25, 0.3) is 0 Å². The zero-order chi connectivity index (χ0) is 18.0. The second-order valence-corrected chi connectivity index (χ2v) is 7.01. The molecular formula is C24H25NO. The minimum absolute atomic E-state index is 0.182. The third-order valence-corrected chi connectivity index (χ3v) is 5.48. The summed E-state index contributed by atoms with van der Waals surface area (Å²) >= 11 is 0. The van der Waals surface area contributed by atoms with E-state index in [1.165, 1.54) is 11.1 Å². The van der Waals surface area contributed by atoms with Crippen molar-refractivity contribution >= 4 is 0 Å². The third kappa shape index (κ3) is 2.66. The first kappa shape index (κ1) is 17.0. The molecule has 0 spiro atoms. The molecule has 3 aromatic rings. The monoisotopic (exact) mass is 343 g/mol. The van der Waals surface area contributed by atoms with Crippen molar-refractivity contribution in [3.05, 3.63) is 108 Å². The van der Waals surface area contributed by atoms with Crippen molar-refractivity contribution in [1.29, 1.82) is 0 Å². The van der Waals surface area contributed by atoms with Crippen LogP contribution in [0.3, 0.4) is 0 Å². The number of aliphatic hydroxyl groups is 1. The highest BCUT2D eigenvalue weighted by molar-refractivity contribution is 5.45. The molecule has 1 unspecified atom stereocenters. The summed E-state index contributed by atoms with van der Waals surface area (Å²) < 4.78 is 0. The summed E-state index contributed by atoms with van der Waals surface area (Å²) in [5, 5.41) is 11.6. The molecule has 0 saturated carbocycles. The quantitative estimate of drug-likeness (QED) is 0.631. The Morgan fingerprint density at radius 1 is 0.846 bits per heavy atom. The van der Waals surface area contributed by atoms with Gasteiger partial charge in [-0.15, -0.1) is 0 Å². The smallest absolute Gasteiger partial charge is 0.103 e. The minimum atomic E-state index is -0.581. The van der Waals surface area contributed by atoms with Gasteiger partial charge >= 0.3 is 0 Å².